The molecule has 0 radical (unpaired) electrons. The fourth-order valence-electron chi connectivity index (χ4n) is 4.62. The third kappa shape index (κ3) is 2.26. The Bertz CT molecular complexity index is 260. The van der Waals surface area contributed by atoms with Crippen molar-refractivity contribution in [1.82, 2.24) is 4.90 Å². The molecule has 17 heavy (non-hydrogen) atoms. The zero-order valence-electron chi connectivity index (χ0n) is 11.3. The van der Waals surface area contributed by atoms with Crippen LogP contribution in [0.5, 0.6) is 0 Å². The Morgan fingerprint density at radius 1 is 1.00 bits per heavy atom. The second-order valence-corrected chi connectivity index (χ2v) is 6.76. The summed E-state index contributed by atoms with van der Waals surface area (Å²) < 4.78 is 0. The van der Waals surface area contributed by atoms with Gasteiger partial charge in [0.1, 0.15) is 0 Å². The predicted molar refractivity (Wildman–Crippen MR) is 71.8 cm³/mol. The molecule has 2 saturated carbocycles. The van der Waals surface area contributed by atoms with Crippen molar-refractivity contribution in [3.05, 3.63) is 0 Å². The van der Waals surface area contributed by atoms with Gasteiger partial charge in [-0.1, -0.05) is 19.3 Å². The van der Waals surface area contributed by atoms with Crippen LogP contribution in [0.2, 0.25) is 0 Å². The van der Waals surface area contributed by atoms with Gasteiger partial charge in [-0.25, -0.2) is 0 Å². The van der Waals surface area contributed by atoms with Gasteiger partial charge in [0, 0.05) is 25.2 Å². The average Bonchev–Trinajstić information content (AvgIpc) is 2.98. The molecule has 0 aromatic rings. The molecule has 2 heteroatoms. The van der Waals surface area contributed by atoms with Crippen molar-refractivity contribution in [2.45, 2.75) is 64.0 Å². The van der Waals surface area contributed by atoms with Gasteiger partial charge in [-0.3, -0.25) is 4.90 Å². The van der Waals surface area contributed by atoms with E-state index in [1.807, 2.05) is 0 Å². The Morgan fingerprint density at radius 2 is 1.76 bits per heavy atom. The Kier molecular flexibility index (Phi) is 3.45. The number of fused-ring (bicyclic) bond motifs is 1. The van der Waals surface area contributed by atoms with Crippen LogP contribution in [0.3, 0.4) is 0 Å². The summed E-state index contributed by atoms with van der Waals surface area (Å²) in [6.45, 7) is 5.11. The molecule has 0 aromatic heterocycles. The predicted octanol–water partition coefficient (Wildman–Crippen LogP) is 2.62. The lowest BCUT2D eigenvalue weighted by atomic mass is 9.78. The Balaban J connectivity index is 1.62. The van der Waals surface area contributed by atoms with E-state index in [-0.39, 0.29) is 0 Å². The summed E-state index contributed by atoms with van der Waals surface area (Å²) in [4.78, 5) is 2.77. The zero-order valence-corrected chi connectivity index (χ0v) is 11.3. The third-order valence-corrected chi connectivity index (χ3v) is 5.84. The summed E-state index contributed by atoms with van der Waals surface area (Å²) in [5, 5.41) is 0. The molecule has 98 valence electrons. The first-order valence-corrected chi connectivity index (χ1v) is 7.75. The number of hydrogen-bond acceptors (Lipinski definition) is 2. The summed E-state index contributed by atoms with van der Waals surface area (Å²) in [5.41, 5.74) is 6.31. The standard InChI is InChI=1S/C15H28N2/c1-11(12-5-2-3-6-12)17-9-13-7-4-8-15(16)14(13)10-17/h11-15H,2-10,16H2,1H3. The Hall–Kier alpha value is -0.0800. The molecule has 0 spiro atoms. The highest BCUT2D eigenvalue weighted by molar-refractivity contribution is 4.95. The molecule has 1 saturated heterocycles. The van der Waals surface area contributed by atoms with Crippen molar-refractivity contribution in [2.75, 3.05) is 13.1 Å². The fourth-order valence-corrected chi connectivity index (χ4v) is 4.62. The van der Waals surface area contributed by atoms with E-state index in [4.69, 9.17) is 5.73 Å². The van der Waals surface area contributed by atoms with E-state index in [1.165, 1.54) is 58.0 Å². The molecule has 0 amide bonds. The first kappa shape index (κ1) is 12.0. The van der Waals surface area contributed by atoms with E-state index in [0.29, 0.717) is 6.04 Å². The lowest BCUT2D eigenvalue weighted by Crippen LogP contribution is -2.39. The van der Waals surface area contributed by atoms with Crippen LogP contribution in [0.4, 0.5) is 0 Å². The zero-order chi connectivity index (χ0) is 11.8. The monoisotopic (exact) mass is 236 g/mol. The summed E-state index contributed by atoms with van der Waals surface area (Å²) in [6, 6.07) is 1.31. The van der Waals surface area contributed by atoms with E-state index in [1.54, 1.807) is 0 Å². The summed E-state index contributed by atoms with van der Waals surface area (Å²) >= 11 is 0. The molecule has 3 aliphatic rings. The second kappa shape index (κ2) is 4.89. The van der Waals surface area contributed by atoms with Gasteiger partial charge in [0.05, 0.1) is 0 Å². The smallest absolute Gasteiger partial charge is 0.00954 e. The lowest BCUT2D eigenvalue weighted by molar-refractivity contribution is 0.181. The Morgan fingerprint density at radius 3 is 2.47 bits per heavy atom. The molecule has 0 bridgehead atoms. The molecular formula is C15H28N2. The van der Waals surface area contributed by atoms with Crippen LogP contribution in [0, 0.1) is 17.8 Å². The summed E-state index contributed by atoms with van der Waals surface area (Å²) in [7, 11) is 0. The maximum atomic E-state index is 6.31. The molecule has 2 nitrogen and oxygen atoms in total. The van der Waals surface area contributed by atoms with Crippen molar-refractivity contribution >= 4 is 0 Å². The van der Waals surface area contributed by atoms with Crippen LogP contribution in [0.15, 0.2) is 0 Å². The second-order valence-electron chi connectivity index (χ2n) is 6.76. The number of hydrogen-bond donors (Lipinski definition) is 1. The molecule has 3 rings (SSSR count). The highest BCUT2D eigenvalue weighted by Gasteiger charge is 2.41. The van der Waals surface area contributed by atoms with Gasteiger partial charge in [-0.15, -0.1) is 0 Å². The number of nitrogens with zero attached hydrogens (tertiary/aromatic N) is 1. The van der Waals surface area contributed by atoms with Crippen LogP contribution in [0.25, 0.3) is 0 Å². The molecule has 0 aromatic carbocycles. The van der Waals surface area contributed by atoms with E-state index >= 15 is 0 Å². The van der Waals surface area contributed by atoms with Crippen LogP contribution < -0.4 is 5.73 Å². The van der Waals surface area contributed by atoms with Gasteiger partial charge < -0.3 is 5.73 Å². The molecule has 2 N–H and O–H groups in total. The maximum absolute atomic E-state index is 6.31. The van der Waals surface area contributed by atoms with Gasteiger partial charge in [-0.2, -0.15) is 0 Å². The number of rotatable bonds is 2. The van der Waals surface area contributed by atoms with Crippen LogP contribution in [-0.2, 0) is 0 Å². The first-order valence-electron chi connectivity index (χ1n) is 7.75. The summed E-state index contributed by atoms with van der Waals surface area (Å²) in [6.07, 6.45) is 9.95. The van der Waals surface area contributed by atoms with E-state index in [2.05, 4.69) is 11.8 Å². The minimum Gasteiger partial charge on any atom is -0.327 e. The Labute approximate surface area is 106 Å². The molecule has 4 unspecified atom stereocenters. The molecular weight excluding hydrogens is 208 g/mol. The number of nitrogens with two attached hydrogens (primary N) is 1. The number of likely N-dealkylation sites (tertiary alicyclic amines) is 1. The van der Waals surface area contributed by atoms with Gasteiger partial charge in [0.25, 0.3) is 0 Å². The van der Waals surface area contributed by atoms with Crippen LogP contribution >= 0.6 is 0 Å². The third-order valence-electron chi connectivity index (χ3n) is 5.84. The van der Waals surface area contributed by atoms with E-state index in [0.717, 1.165) is 23.8 Å². The van der Waals surface area contributed by atoms with Crippen LogP contribution in [0.1, 0.15) is 51.9 Å². The van der Waals surface area contributed by atoms with Gasteiger partial charge >= 0.3 is 0 Å². The fraction of sp³-hybridized carbons (Fsp3) is 1.00. The molecule has 3 fully saturated rings. The van der Waals surface area contributed by atoms with Crippen molar-refractivity contribution < 1.29 is 0 Å². The SMILES string of the molecule is CC(C1CCCC1)N1CC2CCCC(N)C2C1. The van der Waals surface area contributed by atoms with E-state index in [9.17, 15) is 0 Å². The molecule has 1 heterocycles. The molecule has 4 atom stereocenters. The minimum absolute atomic E-state index is 0.495. The highest BCUT2D eigenvalue weighted by atomic mass is 15.2. The van der Waals surface area contributed by atoms with Crippen molar-refractivity contribution in [2.24, 2.45) is 23.5 Å². The van der Waals surface area contributed by atoms with Crippen molar-refractivity contribution in [3.63, 3.8) is 0 Å². The molecule has 1 aliphatic heterocycles. The quantitative estimate of drug-likeness (QED) is 0.798. The molecule has 2 aliphatic carbocycles. The van der Waals surface area contributed by atoms with Crippen LogP contribution in [-0.4, -0.2) is 30.1 Å². The van der Waals surface area contributed by atoms with Gasteiger partial charge in [-0.05, 0) is 50.4 Å². The van der Waals surface area contributed by atoms with E-state index < -0.39 is 0 Å². The topological polar surface area (TPSA) is 29.3 Å². The largest absolute Gasteiger partial charge is 0.327 e. The van der Waals surface area contributed by atoms with Gasteiger partial charge in [0.15, 0.2) is 0 Å². The van der Waals surface area contributed by atoms with Gasteiger partial charge in [0.2, 0.25) is 0 Å². The minimum atomic E-state index is 0.495. The summed E-state index contributed by atoms with van der Waals surface area (Å²) in [5.74, 6) is 2.71. The normalized spacial score (nSPS) is 41.6. The lowest BCUT2D eigenvalue weighted by Gasteiger charge is -2.30. The highest BCUT2D eigenvalue weighted by Crippen LogP contribution is 2.39. The van der Waals surface area contributed by atoms with Crippen molar-refractivity contribution in [1.29, 1.82) is 0 Å². The first-order chi connectivity index (χ1) is 8.25. The van der Waals surface area contributed by atoms with Crippen molar-refractivity contribution in [3.8, 4) is 0 Å². The average molecular weight is 236 g/mol. The maximum Gasteiger partial charge on any atom is 0.00954 e.